The minimum atomic E-state index is -0.183. The molecule has 23 heavy (non-hydrogen) atoms. The van der Waals surface area contributed by atoms with Crippen LogP contribution in [0.2, 0.25) is 0 Å². The van der Waals surface area contributed by atoms with Crippen LogP contribution in [0.25, 0.3) is 0 Å². The first kappa shape index (κ1) is 15.5. The van der Waals surface area contributed by atoms with Crippen LogP contribution in [0.3, 0.4) is 0 Å². The Hall–Kier alpha value is -2.40. The molecule has 120 valence electrons. The smallest absolute Gasteiger partial charge is 0.229 e. The summed E-state index contributed by atoms with van der Waals surface area (Å²) < 4.78 is 5.20. The number of methoxy groups -OCH3 is 1. The van der Waals surface area contributed by atoms with E-state index in [4.69, 9.17) is 10.5 Å². The summed E-state index contributed by atoms with van der Waals surface area (Å²) in [5, 5.41) is 0. The molecule has 1 amide bonds. The summed E-state index contributed by atoms with van der Waals surface area (Å²) in [5.41, 5.74) is 8.25. The summed E-state index contributed by atoms with van der Waals surface area (Å²) in [4.78, 5) is 18.6. The van der Waals surface area contributed by atoms with E-state index in [1.165, 1.54) is 0 Å². The molecule has 0 aliphatic carbocycles. The zero-order valence-electron chi connectivity index (χ0n) is 13.4. The summed E-state index contributed by atoms with van der Waals surface area (Å²) in [6.45, 7) is 2.47. The Morgan fingerprint density at radius 1 is 1.22 bits per heavy atom. The minimum absolute atomic E-state index is 0.0281. The average molecular weight is 311 g/mol. The van der Waals surface area contributed by atoms with Gasteiger partial charge in [0.2, 0.25) is 5.91 Å². The van der Waals surface area contributed by atoms with Gasteiger partial charge in [0.1, 0.15) is 11.6 Å². The molecular weight excluding hydrogens is 290 g/mol. The van der Waals surface area contributed by atoms with E-state index in [0.717, 1.165) is 17.0 Å². The predicted molar refractivity (Wildman–Crippen MR) is 89.7 cm³/mol. The van der Waals surface area contributed by atoms with E-state index in [-0.39, 0.29) is 17.9 Å². The highest BCUT2D eigenvalue weighted by Crippen LogP contribution is 2.30. The Morgan fingerprint density at radius 3 is 2.61 bits per heavy atom. The lowest BCUT2D eigenvalue weighted by molar-refractivity contribution is -0.120. The number of hydrogen-bond donors (Lipinski definition) is 1. The van der Waals surface area contributed by atoms with E-state index < -0.39 is 0 Å². The SMILES string of the molecule is COc1ccc(C2CN(c3cccc(C)n3)C(=O)C[C@@H]2N)cc1. The lowest BCUT2D eigenvalue weighted by Crippen LogP contribution is -2.49. The van der Waals surface area contributed by atoms with Gasteiger partial charge < -0.3 is 10.5 Å². The van der Waals surface area contributed by atoms with Crippen molar-refractivity contribution in [2.24, 2.45) is 5.73 Å². The van der Waals surface area contributed by atoms with Gasteiger partial charge in [-0.3, -0.25) is 9.69 Å². The Labute approximate surface area is 136 Å². The van der Waals surface area contributed by atoms with Gasteiger partial charge in [-0.2, -0.15) is 0 Å². The van der Waals surface area contributed by atoms with Crippen molar-refractivity contribution >= 4 is 11.7 Å². The molecule has 1 aromatic heterocycles. The van der Waals surface area contributed by atoms with Gasteiger partial charge >= 0.3 is 0 Å². The summed E-state index contributed by atoms with van der Waals surface area (Å²) in [6.07, 6.45) is 0.326. The van der Waals surface area contributed by atoms with Gasteiger partial charge in [-0.25, -0.2) is 4.98 Å². The summed E-state index contributed by atoms with van der Waals surface area (Å²) in [6, 6.07) is 13.4. The Balaban J connectivity index is 1.87. The molecule has 1 unspecified atom stereocenters. The molecule has 0 spiro atoms. The fraction of sp³-hybridized carbons (Fsp3) is 0.333. The highest BCUT2D eigenvalue weighted by atomic mass is 16.5. The van der Waals surface area contributed by atoms with Gasteiger partial charge in [-0.05, 0) is 36.8 Å². The monoisotopic (exact) mass is 311 g/mol. The number of carbonyl (C=O) groups excluding carboxylic acids is 1. The van der Waals surface area contributed by atoms with Crippen molar-refractivity contribution in [3.8, 4) is 5.75 Å². The molecule has 0 saturated carbocycles. The summed E-state index contributed by atoms with van der Waals surface area (Å²) in [5.74, 6) is 1.62. The van der Waals surface area contributed by atoms with E-state index >= 15 is 0 Å². The molecule has 2 aromatic rings. The maximum atomic E-state index is 12.4. The predicted octanol–water partition coefficient (Wildman–Crippen LogP) is 2.25. The highest BCUT2D eigenvalue weighted by Gasteiger charge is 2.34. The third-order valence-electron chi connectivity index (χ3n) is 4.30. The first-order chi connectivity index (χ1) is 11.1. The topological polar surface area (TPSA) is 68.5 Å². The van der Waals surface area contributed by atoms with E-state index in [0.29, 0.717) is 18.8 Å². The molecule has 2 N–H and O–H groups in total. The second-order valence-corrected chi connectivity index (χ2v) is 5.89. The minimum Gasteiger partial charge on any atom is -0.497 e. The van der Waals surface area contributed by atoms with Crippen LogP contribution >= 0.6 is 0 Å². The van der Waals surface area contributed by atoms with Crippen molar-refractivity contribution in [3.63, 3.8) is 0 Å². The largest absolute Gasteiger partial charge is 0.497 e. The first-order valence-electron chi connectivity index (χ1n) is 7.72. The van der Waals surface area contributed by atoms with Crippen molar-refractivity contribution in [2.75, 3.05) is 18.6 Å². The second kappa shape index (κ2) is 6.38. The Bertz CT molecular complexity index is 700. The van der Waals surface area contributed by atoms with E-state index in [1.807, 2.05) is 49.4 Å². The van der Waals surface area contributed by atoms with Crippen molar-refractivity contribution in [2.45, 2.75) is 25.3 Å². The molecule has 0 bridgehead atoms. The maximum absolute atomic E-state index is 12.4. The summed E-state index contributed by atoms with van der Waals surface area (Å²) >= 11 is 0. The number of aromatic nitrogens is 1. The lowest BCUT2D eigenvalue weighted by atomic mass is 9.86. The molecule has 0 radical (unpaired) electrons. The van der Waals surface area contributed by atoms with Crippen molar-refractivity contribution in [3.05, 3.63) is 53.7 Å². The standard InChI is InChI=1S/C18H21N3O2/c1-12-4-3-5-17(20-12)21-11-15(16(19)10-18(21)22)13-6-8-14(23-2)9-7-13/h3-9,15-16H,10-11,19H2,1-2H3/t15?,16-/m0/s1. The maximum Gasteiger partial charge on any atom is 0.229 e. The second-order valence-electron chi connectivity index (χ2n) is 5.89. The van der Waals surface area contributed by atoms with Crippen LogP contribution in [-0.4, -0.2) is 30.6 Å². The summed E-state index contributed by atoms with van der Waals surface area (Å²) in [7, 11) is 1.64. The molecule has 1 saturated heterocycles. The number of nitrogens with two attached hydrogens (primary N) is 1. The number of nitrogens with zero attached hydrogens (tertiary/aromatic N) is 2. The lowest BCUT2D eigenvalue weighted by Gasteiger charge is -2.36. The fourth-order valence-corrected chi connectivity index (χ4v) is 2.99. The molecule has 1 aromatic carbocycles. The number of hydrogen-bond acceptors (Lipinski definition) is 4. The van der Waals surface area contributed by atoms with Gasteiger partial charge in [-0.1, -0.05) is 18.2 Å². The Kier molecular flexibility index (Phi) is 4.30. The zero-order chi connectivity index (χ0) is 16.4. The van der Waals surface area contributed by atoms with Crippen LogP contribution in [0.5, 0.6) is 5.75 Å². The number of benzene rings is 1. The van der Waals surface area contributed by atoms with Crippen LogP contribution in [0, 0.1) is 6.92 Å². The van der Waals surface area contributed by atoms with Crippen LogP contribution < -0.4 is 15.4 Å². The molecule has 2 heterocycles. The molecular formula is C18H21N3O2. The third kappa shape index (κ3) is 3.19. The van der Waals surface area contributed by atoms with Crippen molar-refractivity contribution in [1.29, 1.82) is 0 Å². The molecule has 1 aliphatic heterocycles. The van der Waals surface area contributed by atoms with Crippen LogP contribution in [0.15, 0.2) is 42.5 Å². The van der Waals surface area contributed by atoms with Gasteiger partial charge in [0.15, 0.2) is 0 Å². The van der Waals surface area contributed by atoms with Gasteiger partial charge in [0, 0.05) is 30.6 Å². The molecule has 1 fully saturated rings. The van der Waals surface area contributed by atoms with Gasteiger partial charge in [0.25, 0.3) is 0 Å². The number of piperidine rings is 1. The number of rotatable bonds is 3. The average Bonchev–Trinajstić information content (AvgIpc) is 2.55. The number of anilines is 1. The molecule has 5 heteroatoms. The van der Waals surface area contributed by atoms with Crippen LogP contribution in [0.1, 0.15) is 23.6 Å². The van der Waals surface area contributed by atoms with Crippen molar-refractivity contribution in [1.82, 2.24) is 4.98 Å². The van der Waals surface area contributed by atoms with E-state index in [2.05, 4.69) is 4.98 Å². The quantitative estimate of drug-likeness (QED) is 0.944. The first-order valence-corrected chi connectivity index (χ1v) is 7.72. The number of pyridine rings is 1. The van der Waals surface area contributed by atoms with E-state index in [1.54, 1.807) is 12.0 Å². The van der Waals surface area contributed by atoms with E-state index in [9.17, 15) is 4.79 Å². The number of aryl methyl sites for hydroxylation is 1. The number of amides is 1. The van der Waals surface area contributed by atoms with Crippen molar-refractivity contribution < 1.29 is 9.53 Å². The van der Waals surface area contributed by atoms with Gasteiger partial charge in [0.05, 0.1) is 7.11 Å². The number of ether oxygens (including phenoxy) is 1. The zero-order valence-corrected chi connectivity index (χ0v) is 13.4. The molecule has 2 atom stereocenters. The van der Waals surface area contributed by atoms with Crippen LogP contribution in [0.4, 0.5) is 5.82 Å². The Morgan fingerprint density at radius 2 is 1.96 bits per heavy atom. The normalized spacial score (nSPS) is 21.3. The molecule has 5 nitrogen and oxygen atoms in total. The van der Waals surface area contributed by atoms with Crippen LogP contribution in [-0.2, 0) is 4.79 Å². The molecule has 1 aliphatic rings. The fourth-order valence-electron chi connectivity index (χ4n) is 2.99. The highest BCUT2D eigenvalue weighted by molar-refractivity contribution is 5.94. The molecule has 3 rings (SSSR count). The van der Waals surface area contributed by atoms with Gasteiger partial charge in [-0.15, -0.1) is 0 Å². The third-order valence-corrected chi connectivity index (χ3v) is 4.30. The number of carbonyl (C=O) groups is 1.